The molecule has 150 valence electrons. The van der Waals surface area contributed by atoms with Crippen molar-refractivity contribution in [3.63, 3.8) is 0 Å². The first-order valence-electron chi connectivity index (χ1n) is 8.92. The summed E-state index contributed by atoms with van der Waals surface area (Å²) in [6.07, 6.45) is 0. The maximum Gasteiger partial charge on any atom is 0.270 e. The van der Waals surface area contributed by atoms with E-state index in [2.05, 4.69) is 11.0 Å². The number of methoxy groups -OCH3 is 1. The van der Waals surface area contributed by atoms with E-state index >= 15 is 0 Å². The van der Waals surface area contributed by atoms with Crippen molar-refractivity contribution in [2.75, 3.05) is 33.3 Å². The van der Waals surface area contributed by atoms with Gasteiger partial charge in [0.25, 0.3) is 5.69 Å². The Morgan fingerprint density at radius 2 is 1.82 bits per heavy atom. The molecule has 0 spiro atoms. The van der Waals surface area contributed by atoms with E-state index in [0.29, 0.717) is 32.7 Å². The number of rotatable bonds is 6. The molecule has 0 aliphatic carbocycles. The molecule has 2 aromatic carbocycles. The van der Waals surface area contributed by atoms with Gasteiger partial charge in [0, 0.05) is 50.4 Å². The number of hydrogen-bond donors (Lipinski definition) is 0. The zero-order valence-corrected chi connectivity index (χ0v) is 16.7. The second kappa shape index (κ2) is 8.26. The van der Waals surface area contributed by atoms with E-state index in [-0.39, 0.29) is 10.6 Å². The van der Waals surface area contributed by atoms with Crippen LogP contribution in [0.25, 0.3) is 0 Å². The number of ether oxygens (including phenoxy) is 1. The minimum absolute atomic E-state index is 0.0458. The Hall–Kier alpha value is -2.49. The number of sulfonamides is 1. The monoisotopic (exact) mass is 405 g/mol. The molecule has 1 fully saturated rings. The van der Waals surface area contributed by atoms with Crippen LogP contribution in [0.5, 0.6) is 5.75 Å². The standard InChI is InChI=1S/C19H23N3O5S/c1-15-6-7-19(27-2)16(12-15)14-20-8-10-21(11-9-20)28(25,26)18-5-3-4-17(13-18)22(23)24/h3-7,12-13H,8-11,14H2,1-2H3. The average Bonchev–Trinajstić information content (AvgIpc) is 2.69. The van der Waals surface area contributed by atoms with Crippen LogP contribution in [0.4, 0.5) is 5.69 Å². The molecule has 0 N–H and O–H groups in total. The van der Waals surface area contributed by atoms with Crippen molar-refractivity contribution in [2.24, 2.45) is 0 Å². The van der Waals surface area contributed by atoms with Crippen molar-refractivity contribution in [2.45, 2.75) is 18.4 Å². The first-order valence-corrected chi connectivity index (χ1v) is 10.4. The molecule has 28 heavy (non-hydrogen) atoms. The maximum atomic E-state index is 12.8. The van der Waals surface area contributed by atoms with Gasteiger partial charge in [0.15, 0.2) is 0 Å². The van der Waals surface area contributed by atoms with Crippen LogP contribution >= 0.6 is 0 Å². The summed E-state index contributed by atoms with van der Waals surface area (Å²) in [5, 5.41) is 10.9. The number of benzene rings is 2. The molecule has 0 amide bonds. The van der Waals surface area contributed by atoms with Gasteiger partial charge in [0.1, 0.15) is 5.75 Å². The number of piperazine rings is 1. The van der Waals surface area contributed by atoms with E-state index in [4.69, 9.17) is 4.74 Å². The van der Waals surface area contributed by atoms with Gasteiger partial charge in [-0.3, -0.25) is 15.0 Å². The number of nitrogens with zero attached hydrogens (tertiary/aromatic N) is 3. The lowest BCUT2D eigenvalue weighted by atomic mass is 10.1. The summed E-state index contributed by atoms with van der Waals surface area (Å²) in [6, 6.07) is 11.2. The molecule has 9 heteroatoms. The summed E-state index contributed by atoms with van der Waals surface area (Å²) >= 11 is 0. The number of nitro groups is 1. The highest BCUT2D eigenvalue weighted by molar-refractivity contribution is 7.89. The van der Waals surface area contributed by atoms with Gasteiger partial charge in [-0.15, -0.1) is 0 Å². The van der Waals surface area contributed by atoms with Crippen LogP contribution in [0, 0.1) is 17.0 Å². The molecule has 0 bridgehead atoms. The lowest BCUT2D eigenvalue weighted by Gasteiger charge is -2.34. The van der Waals surface area contributed by atoms with Crippen LogP contribution in [0.1, 0.15) is 11.1 Å². The van der Waals surface area contributed by atoms with Gasteiger partial charge in [-0.25, -0.2) is 8.42 Å². The smallest absolute Gasteiger partial charge is 0.270 e. The molecule has 0 atom stereocenters. The Kier molecular flexibility index (Phi) is 5.97. The predicted octanol–water partition coefficient (Wildman–Crippen LogP) is 2.42. The molecule has 8 nitrogen and oxygen atoms in total. The van der Waals surface area contributed by atoms with Crippen LogP contribution in [0.2, 0.25) is 0 Å². The van der Waals surface area contributed by atoms with Crippen LogP contribution in [0.15, 0.2) is 47.4 Å². The average molecular weight is 405 g/mol. The molecule has 1 aliphatic rings. The topological polar surface area (TPSA) is 93.0 Å². The summed E-state index contributed by atoms with van der Waals surface area (Å²) in [4.78, 5) is 12.5. The number of aryl methyl sites for hydroxylation is 1. The van der Waals surface area contributed by atoms with Gasteiger partial charge >= 0.3 is 0 Å². The van der Waals surface area contributed by atoms with Gasteiger partial charge in [-0.05, 0) is 19.1 Å². The Bertz CT molecular complexity index is 969. The Morgan fingerprint density at radius 3 is 2.46 bits per heavy atom. The van der Waals surface area contributed by atoms with Crippen LogP contribution in [0.3, 0.4) is 0 Å². The lowest BCUT2D eigenvalue weighted by molar-refractivity contribution is -0.385. The minimum Gasteiger partial charge on any atom is -0.496 e. The molecule has 1 aliphatic heterocycles. The molecular weight excluding hydrogens is 382 g/mol. The molecule has 0 saturated carbocycles. The minimum atomic E-state index is -3.76. The maximum absolute atomic E-state index is 12.8. The first kappa shape index (κ1) is 20.2. The fraction of sp³-hybridized carbons (Fsp3) is 0.368. The van der Waals surface area contributed by atoms with Crippen molar-refractivity contribution in [1.82, 2.24) is 9.21 Å². The largest absolute Gasteiger partial charge is 0.496 e. The summed E-state index contributed by atoms with van der Waals surface area (Å²) in [6.45, 7) is 4.51. The van der Waals surface area contributed by atoms with E-state index in [1.165, 1.54) is 22.5 Å². The number of hydrogen-bond acceptors (Lipinski definition) is 6. The van der Waals surface area contributed by atoms with Crippen molar-refractivity contribution in [3.05, 3.63) is 63.7 Å². The third-order valence-corrected chi connectivity index (χ3v) is 6.72. The zero-order valence-electron chi connectivity index (χ0n) is 15.9. The molecule has 2 aromatic rings. The quantitative estimate of drug-likeness (QED) is 0.541. The highest BCUT2D eigenvalue weighted by atomic mass is 32.2. The van der Waals surface area contributed by atoms with E-state index in [1.807, 2.05) is 19.1 Å². The van der Waals surface area contributed by atoms with Gasteiger partial charge in [-0.1, -0.05) is 23.8 Å². The Balaban J connectivity index is 1.69. The van der Waals surface area contributed by atoms with Crippen molar-refractivity contribution < 1.29 is 18.1 Å². The van der Waals surface area contributed by atoms with Gasteiger partial charge < -0.3 is 4.74 Å². The summed E-state index contributed by atoms with van der Waals surface area (Å²) in [7, 11) is -2.12. The fourth-order valence-electron chi connectivity index (χ4n) is 3.31. The second-order valence-corrected chi connectivity index (χ2v) is 8.69. The fourth-order valence-corrected chi connectivity index (χ4v) is 4.77. The van der Waals surface area contributed by atoms with Crippen molar-refractivity contribution >= 4 is 15.7 Å². The third kappa shape index (κ3) is 4.32. The molecule has 0 radical (unpaired) electrons. The van der Waals surface area contributed by atoms with E-state index in [0.717, 1.165) is 22.9 Å². The van der Waals surface area contributed by atoms with Gasteiger partial charge in [0.2, 0.25) is 10.0 Å². The molecule has 1 saturated heterocycles. The molecular formula is C19H23N3O5S. The molecule has 1 heterocycles. The second-order valence-electron chi connectivity index (χ2n) is 6.75. The van der Waals surface area contributed by atoms with Gasteiger partial charge in [-0.2, -0.15) is 4.31 Å². The predicted molar refractivity (Wildman–Crippen MR) is 105 cm³/mol. The van der Waals surface area contributed by atoms with Crippen LogP contribution in [-0.2, 0) is 16.6 Å². The van der Waals surface area contributed by atoms with Crippen molar-refractivity contribution in [1.29, 1.82) is 0 Å². The highest BCUT2D eigenvalue weighted by Gasteiger charge is 2.29. The zero-order chi connectivity index (χ0) is 20.3. The van der Waals surface area contributed by atoms with Crippen LogP contribution in [-0.4, -0.2) is 55.8 Å². The summed E-state index contributed by atoms with van der Waals surface area (Å²) in [5.41, 5.74) is 1.98. The molecule has 0 aromatic heterocycles. The van der Waals surface area contributed by atoms with E-state index in [9.17, 15) is 18.5 Å². The van der Waals surface area contributed by atoms with E-state index < -0.39 is 14.9 Å². The summed E-state index contributed by atoms with van der Waals surface area (Å²) < 4.78 is 32.5. The lowest BCUT2D eigenvalue weighted by Crippen LogP contribution is -2.48. The SMILES string of the molecule is COc1ccc(C)cc1CN1CCN(S(=O)(=O)c2cccc([N+](=O)[O-])c2)CC1. The van der Waals surface area contributed by atoms with Crippen LogP contribution < -0.4 is 4.74 Å². The third-order valence-electron chi connectivity index (χ3n) is 4.83. The molecule has 0 unspecified atom stereocenters. The number of non-ortho nitro benzene ring substituents is 1. The van der Waals surface area contributed by atoms with Gasteiger partial charge in [0.05, 0.1) is 16.9 Å². The van der Waals surface area contributed by atoms with E-state index in [1.54, 1.807) is 7.11 Å². The van der Waals surface area contributed by atoms with Crippen molar-refractivity contribution in [3.8, 4) is 5.75 Å². The Labute approximate surface area is 164 Å². The normalized spacial score (nSPS) is 16.1. The first-order chi connectivity index (χ1) is 13.3. The summed E-state index contributed by atoms with van der Waals surface area (Å²) in [5.74, 6) is 0.817. The Morgan fingerprint density at radius 1 is 1.11 bits per heavy atom. The number of nitro benzene ring substituents is 1. The molecule has 3 rings (SSSR count). The highest BCUT2D eigenvalue weighted by Crippen LogP contribution is 2.24.